The second-order valence-electron chi connectivity index (χ2n) is 7.76. The summed E-state index contributed by atoms with van der Waals surface area (Å²) in [5, 5.41) is 6.12. The zero-order chi connectivity index (χ0) is 20.4. The summed E-state index contributed by atoms with van der Waals surface area (Å²) in [4.78, 5) is 30.4. The number of nitrogens with zero attached hydrogens (tertiary/aromatic N) is 2. The van der Waals surface area contributed by atoms with E-state index >= 15 is 0 Å². The van der Waals surface area contributed by atoms with Crippen LogP contribution >= 0.6 is 0 Å². The quantitative estimate of drug-likeness (QED) is 0.762. The third kappa shape index (κ3) is 4.23. The van der Waals surface area contributed by atoms with E-state index in [9.17, 15) is 14.0 Å². The Labute approximate surface area is 169 Å². The molecule has 0 bridgehead atoms. The molecule has 1 fully saturated rings. The molecule has 152 valence electrons. The van der Waals surface area contributed by atoms with Crippen molar-refractivity contribution >= 4 is 29.0 Å². The zero-order valence-electron chi connectivity index (χ0n) is 16.5. The molecule has 0 saturated heterocycles. The van der Waals surface area contributed by atoms with Crippen LogP contribution in [-0.4, -0.2) is 29.9 Å². The zero-order valence-corrected chi connectivity index (χ0v) is 16.5. The van der Waals surface area contributed by atoms with Crippen LogP contribution in [0.1, 0.15) is 54.4 Å². The predicted molar refractivity (Wildman–Crippen MR) is 111 cm³/mol. The maximum atomic E-state index is 13.7. The Morgan fingerprint density at radius 2 is 1.93 bits per heavy atom. The predicted octanol–water partition coefficient (Wildman–Crippen LogP) is 4.13. The molecular weight excluding hydrogens is 371 g/mol. The summed E-state index contributed by atoms with van der Waals surface area (Å²) >= 11 is 0. The number of carbonyl (C=O) groups excluding carboxylic acids is 2. The molecule has 0 atom stereocenters. The highest BCUT2D eigenvalue weighted by Crippen LogP contribution is 2.30. The summed E-state index contributed by atoms with van der Waals surface area (Å²) in [6.45, 7) is 0. The molecule has 2 amide bonds. The van der Waals surface area contributed by atoms with E-state index in [1.54, 1.807) is 18.0 Å². The Kier molecular flexibility index (Phi) is 5.47. The van der Waals surface area contributed by atoms with Crippen LogP contribution in [0.15, 0.2) is 30.3 Å². The number of pyridine rings is 1. The van der Waals surface area contributed by atoms with E-state index in [1.807, 2.05) is 12.1 Å². The van der Waals surface area contributed by atoms with Crippen molar-refractivity contribution in [2.45, 2.75) is 51.0 Å². The van der Waals surface area contributed by atoms with E-state index in [0.29, 0.717) is 24.1 Å². The molecule has 2 N–H and O–H groups in total. The number of benzene rings is 1. The molecule has 0 spiro atoms. The van der Waals surface area contributed by atoms with Gasteiger partial charge in [-0.05, 0) is 49.1 Å². The van der Waals surface area contributed by atoms with Crippen molar-refractivity contribution in [2.24, 2.45) is 0 Å². The smallest absolute Gasteiger partial charge is 0.259 e. The van der Waals surface area contributed by atoms with Crippen molar-refractivity contribution in [1.82, 2.24) is 4.98 Å². The van der Waals surface area contributed by atoms with Gasteiger partial charge in [0.2, 0.25) is 11.9 Å². The van der Waals surface area contributed by atoms with E-state index in [2.05, 4.69) is 15.6 Å². The molecule has 1 aromatic carbocycles. The van der Waals surface area contributed by atoms with E-state index < -0.39 is 5.95 Å². The molecule has 1 aromatic heterocycles. The van der Waals surface area contributed by atoms with Gasteiger partial charge in [-0.1, -0.05) is 25.3 Å². The SMILES string of the molecule is CN1C(=O)CCc2ccc(NC(=O)c3ccc(F)nc3NC3CCCCC3)cc21. The maximum absolute atomic E-state index is 13.7. The van der Waals surface area contributed by atoms with E-state index in [0.717, 1.165) is 36.9 Å². The van der Waals surface area contributed by atoms with Gasteiger partial charge in [0, 0.05) is 30.9 Å². The van der Waals surface area contributed by atoms with Gasteiger partial charge in [0.15, 0.2) is 0 Å². The van der Waals surface area contributed by atoms with Crippen LogP contribution in [-0.2, 0) is 11.2 Å². The van der Waals surface area contributed by atoms with E-state index in [1.165, 1.54) is 18.6 Å². The van der Waals surface area contributed by atoms with Crippen LogP contribution in [0.3, 0.4) is 0 Å². The van der Waals surface area contributed by atoms with Crippen LogP contribution in [0.4, 0.5) is 21.6 Å². The standard InChI is InChI=1S/C22H25FN4O2/c1-27-18-13-16(9-7-14(18)8-12-20(27)28)25-22(29)17-10-11-19(23)26-21(17)24-15-5-3-2-4-6-15/h7,9-11,13,15H,2-6,8,12H2,1H3,(H,24,26)(H,25,29). The van der Waals surface area contributed by atoms with Crippen LogP contribution in [0.25, 0.3) is 0 Å². The van der Waals surface area contributed by atoms with E-state index in [4.69, 9.17) is 0 Å². The van der Waals surface area contributed by atoms with Crippen molar-refractivity contribution in [3.63, 3.8) is 0 Å². The third-order valence-electron chi connectivity index (χ3n) is 5.74. The van der Waals surface area contributed by atoms with Crippen LogP contribution in [0.2, 0.25) is 0 Å². The lowest BCUT2D eigenvalue weighted by Gasteiger charge is -2.26. The Morgan fingerprint density at radius 3 is 2.72 bits per heavy atom. The minimum atomic E-state index is -0.617. The molecule has 4 rings (SSSR count). The number of anilines is 3. The monoisotopic (exact) mass is 396 g/mol. The lowest BCUT2D eigenvalue weighted by Crippen LogP contribution is -2.31. The number of aryl methyl sites for hydroxylation is 1. The first-order valence-electron chi connectivity index (χ1n) is 10.1. The number of amides is 2. The Hall–Kier alpha value is -2.96. The summed E-state index contributed by atoms with van der Waals surface area (Å²) in [5.74, 6) is -0.642. The number of carbonyl (C=O) groups is 2. The molecule has 2 aliphatic rings. The molecular formula is C22H25FN4O2. The maximum Gasteiger partial charge on any atom is 0.259 e. The number of fused-ring (bicyclic) bond motifs is 1. The molecule has 29 heavy (non-hydrogen) atoms. The molecule has 2 heterocycles. The minimum absolute atomic E-state index is 0.0580. The van der Waals surface area contributed by atoms with Gasteiger partial charge in [-0.3, -0.25) is 9.59 Å². The van der Waals surface area contributed by atoms with Crippen LogP contribution < -0.4 is 15.5 Å². The molecule has 6 nitrogen and oxygen atoms in total. The summed E-state index contributed by atoms with van der Waals surface area (Å²) in [6, 6.07) is 8.41. The van der Waals surface area contributed by atoms with Crippen LogP contribution in [0, 0.1) is 5.95 Å². The Morgan fingerprint density at radius 1 is 1.14 bits per heavy atom. The fraction of sp³-hybridized carbons (Fsp3) is 0.409. The second kappa shape index (κ2) is 8.19. The average molecular weight is 396 g/mol. The Bertz CT molecular complexity index is 940. The number of hydrogen-bond donors (Lipinski definition) is 2. The molecule has 1 aliphatic carbocycles. The molecule has 7 heteroatoms. The summed E-state index contributed by atoms with van der Waals surface area (Å²) in [7, 11) is 1.74. The van der Waals surface area contributed by atoms with E-state index in [-0.39, 0.29) is 23.7 Å². The molecule has 1 aliphatic heterocycles. The summed E-state index contributed by atoms with van der Waals surface area (Å²) in [5.41, 5.74) is 2.77. The van der Waals surface area contributed by atoms with Gasteiger partial charge >= 0.3 is 0 Å². The first-order chi connectivity index (χ1) is 14.0. The minimum Gasteiger partial charge on any atom is -0.367 e. The van der Waals surface area contributed by atoms with Gasteiger partial charge < -0.3 is 15.5 Å². The largest absolute Gasteiger partial charge is 0.367 e. The fourth-order valence-corrected chi connectivity index (χ4v) is 4.08. The number of rotatable bonds is 4. The van der Waals surface area contributed by atoms with Gasteiger partial charge in [0.25, 0.3) is 5.91 Å². The fourth-order valence-electron chi connectivity index (χ4n) is 4.08. The highest BCUT2D eigenvalue weighted by Gasteiger charge is 2.22. The van der Waals surface area contributed by atoms with Gasteiger partial charge in [-0.15, -0.1) is 0 Å². The highest BCUT2D eigenvalue weighted by molar-refractivity contribution is 6.08. The van der Waals surface area contributed by atoms with Gasteiger partial charge in [0.05, 0.1) is 5.56 Å². The van der Waals surface area contributed by atoms with Crippen molar-refractivity contribution in [1.29, 1.82) is 0 Å². The second-order valence-corrected chi connectivity index (χ2v) is 7.76. The van der Waals surface area contributed by atoms with Gasteiger partial charge in [-0.25, -0.2) is 4.98 Å². The highest BCUT2D eigenvalue weighted by atomic mass is 19.1. The van der Waals surface area contributed by atoms with Crippen molar-refractivity contribution in [2.75, 3.05) is 22.6 Å². The summed E-state index contributed by atoms with van der Waals surface area (Å²) < 4.78 is 13.7. The van der Waals surface area contributed by atoms with Gasteiger partial charge in [-0.2, -0.15) is 4.39 Å². The lowest BCUT2D eigenvalue weighted by molar-refractivity contribution is -0.118. The average Bonchev–Trinajstić information content (AvgIpc) is 2.72. The van der Waals surface area contributed by atoms with Crippen LogP contribution in [0.5, 0.6) is 0 Å². The normalized spacial score (nSPS) is 17.0. The topological polar surface area (TPSA) is 74.3 Å². The van der Waals surface area contributed by atoms with Crippen molar-refractivity contribution in [3.05, 3.63) is 47.4 Å². The molecule has 0 unspecified atom stereocenters. The van der Waals surface area contributed by atoms with Crippen molar-refractivity contribution in [3.8, 4) is 0 Å². The number of hydrogen-bond acceptors (Lipinski definition) is 4. The molecule has 0 radical (unpaired) electrons. The first-order valence-corrected chi connectivity index (χ1v) is 10.1. The summed E-state index contributed by atoms with van der Waals surface area (Å²) in [6.07, 6.45) is 6.62. The van der Waals surface area contributed by atoms with Crippen molar-refractivity contribution < 1.29 is 14.0 Å². The number of halogens is 1. The molecule has 1 saturated carbocycles. The Balaban J connectivity index is 1.55. The lowest BCUT2D eigenvalue weighted by atomic mass is 9.95. The van der Waals surface area contributed by atoms with Gasteiger partial charge in [0.1, 0.15) is 5.82 Å². The number of aromatic nitrogens is 1. The molecule has 2 aromatic rings. The number of nitrogens with one attached hydrogen (secondary N) is 2. The third-order valence-corrected chi connectivity index (χ3v) is 5.74. The first kappa shape index (κ1) is 19.4.